The summed E-state index contributed by atoms with van der Waals surface area (Å²) in [5, 5.41) is 1.18. The van der Waals surface area contributed by atoms with Crippen LogP contribution in [0.25, 0.3) is 6.08 Å². The third-order valence-electron chi connectivity index (χ3n) is 5.13. The van der Waals surface area contributed by atoms with Gasteiger partial charge in [-0.2, -0.15) is 0 Å². The van der Waals surface area contributed by atoms with Crippen molar-refractivity contribution in [3.05, 3.63) is 63.6 Å². The van der Waals surface area contributed by atoms with Gasteiger partial charge in [-0.1, -0.05) is 41.4 Å². The smallest absolute Gasteiger partial charge is 0.211 e. The lowest BCUT2D eigenvalue weighted by Crippen LogP contribution is -2.58. The molecule has 0 fully saturated rings. The molecule has 1 atom stereocenters. The van der Waals surface area contributed by atoms with Crippen LogP contribution in [0.15, 0.2) is 42.5 Å². The summed E-state index contributed by atoms with van der Waals surface area (Å²) in [7, 11) is 2.06. The van der Waals surface area contributed by atoms with Gasteiger partial charge < -0.3 is 9.64 Å². The quantitative estimate of drug-likeness (QED) is 0.622. The fraction of sp³-hybridized carbons (Fsp3) is 0.263. The standard InChI is InChI=1S/C19H17Cl2NO/c1-18(2)14-6-4-5-7-16(14)22(3)19(18)9-8-13-15(21)10-12(20)11-17(13)23-19/h4-11H,1-3H3. The van der Waals surface area contributed by atoms with Gasteiger partial charge in [0.25, 0.3) is 0 Å². The largest absolute Gasteiger partial charge is 0.463 e. The Hall–Kier alpha value is -1.64. The van der Waals surface area contributed by atoms with Gasteiger partial charge in [0.1, 0.15) is 5.75 Å². The number of rotatable bonds is 0. The molecule has 0 saturated carbocycles. The fourth-order valence-corrected chi connectivity index (χ4v) is 4.34. The highest BCUT2D eigenvalue weighted by Crippen LogP contribution is 2.54. The number of benzene rings is 2. The molecule has 0 bridgehead atoms. The van der Waals surface area contributed by atoms with E-state index in [2.05, 4.69) is 56.1 Å². The van der Waals surface area contributed by atoms with Crippen LogP contribution in [0.1, 0.15) is 25.0 Å². The number of fused-ring (bicyclic) bond motifs is 2. The fourth-order valence-electron chi connectivity index (χ4n) is 3.81. The Balaban J connectivity index is 1.92. The molecule has 0 radical (unpaired) electrons. The molecule has 0 amide bonds. The lowest BCUT2D eigenvalue weighted by molar-refractivity contribution is 0.0582. The van der Waals surface area contributed by atoms with Gasteiger partial charge in [-0.05, 0) is 49.8 Å². The third kappa shape index (κ3) is 1.82. The molecule has 0 aromatic heterocycles. The average molecular weight is 346 g/mol. The molecule has 0 N–H and O–H groups in total. The normalized spacial score (nSPS) is 23.6. The summed E-state index contributed by atoms with van der Waals surface area (Å²) in [6.07, 6.45) is 4.15. The molecule has 23 heavy (non-hydrogen) atoms. The molecule has 4 rings (SSSR count). The molecular formula is C19H17Cl2NO. The van der Waals surface area contributed by atoms with E-state index < -0.39 is 5.72 Å². The van der Waals surface area contributed by atoms with Crippen LogP contribution in [0.3, 0.4) is 0 Å². The maximum absolute atomic E-state index is 6.52. The predicted molar refractivity (Wildman–Crippen MR) is 96.7 cm³/mol. The molecular weight excluding hydrogens is 329 g/mol. The molecule has 118 valence electrons. The number of likely N-dealkylation sites (N-methyl/N-ethyl adjacent to an activating group) is 1. The predicted octanol–water partition coefficient (Wildman–Crippen LogP) is 5.52. The van der Waals surface area contributed by atoms with Crippen molar-refractivity contribution in [1.82, 2.24) is 0 Å². The van der Waals surface area contributed by atoms with E-state index in [1.54, 1.807) is 6.07 Å². The molecule has 2 nitrogen and oxygen atoms in total. The van der Waals surface area contributed by atoms with Gasteiger partial charge in [0.15, 0.2) is 0 Å². The van der Waals surface area contributed by atoms with E-state index >= 15 is 0 Å². The van der Waals surface area contributed by atoms with E-state index in [1.807, 2.05) is 12.1 Å². The van der Waals surface area contributed by atoms with Gasteiger partial charge in [0.2, 0.25) is 5.72 Å². The van der Waals surface area contributed by atoms with E-state index in [1.165, 1.54) is 11.3 Å². The minimum Gasteiger partial charge on any atom is -0.463 e. The van der Waals surface area contributed by atoms with Crippen molar-refractivity contribution >= 4 is 35.0 Å². The highest BCUT2D eigenvalue weighted by Gasteiger charge is 2.57. The second-order valence-corrected chi connectivity index (χ2v) is 7.48. The summed E-state index contributed by atoms with van der Waals surface area (Å²) in [5.41, 5.74) is 2.50. The first-order chi connectivity index (χ1) is 10.9. The second kappa shape index (κ2) is 4.68. The van der Waals surface area contributed by atoms with Crippen LogP contribution < -0.4 is 9.64 Å². The number of ether oxygens (including phenoxy) is 1. The summed E-state index contributed by atoms with van der Waals surface area (Å²) in [6.45, 7) is 4.41. The van der Waals surface area contributed by atoms with Crippen LogP contribution in [-0.4, -0.2) is 12.8 Å². The summed E-state index contributed by atoms with van der Waals surface area (Å²) in [6, 6.07) is 12.0. The lowest BCUT2D eigenvalue weighted by atomic mass is 9.76. The monoisotopic (exact) mass is 345 g/mol. The van der Waals surface area contributed by atoms with Crippen molar-refractivity contribution < 1.29 is 4.74 Å². The van der Waals surface area contributed by atoms with Crippen molar-refractivity contribution in [3.8, 4) is 5.75 Å². The number of para-hydroxylation sites is 1. The molecule has 4 heteroatoms. The lowest BCUT2D eigenvalue weighted by Gasteiger charge is -2.45. The van der Waals surface area contributed by atoms with Crippen molar-refractivity contribution in [2.24, 2.45) is 0 Å². The summed E-state index contributed by atoms with van der Waals surface area (Å²) >= 11 is 12.5. The van der Waals surface area contributed by atoms with E-state index in [0.29, 0.717) is 10.0 Å². The Kier molecular flexibility index (Phi) is 3.04. The van der Waals surface area contributed by atoms with Gasteiger partial charge in [-0.3, -0.25) is 0 Å². The molecule has 2 aromatic carbocycles. The summed E-state index contributed by atoms with van der Waals surface area (Å²) < 4.78 is 6.52. The van der Waals surface area contributed by atoms with Gasteiger partial charge in [-0.25, -0.2) is 0 Å². The highest BCUT2D eigenvalue weighted by molar-refractivity contribution is 6.36. The van der Waals surface area contributed by atoms with Crippen molar-refractivity contribution in [2.75, 3.05) is 11.9 Å². The van der Waals surface area contributed by atoms with Gasteiger partial charge in [-0.15, -0.1) is 0 Å². The minimum absolute atomic E-state index is 0.221. The highest BCUT2D eigenvalue weighted by atomic mass is 35.5. The number of hydrogen-bond acceptors (Lipinski definition) is 2. The minimum atomic E-state index is -0.600. The Labute approximate surface area is 146 Å². The first kappa shape index (κ1) is 14.9. The average Bonchev–Trinajstić information content (AvgIpc) is 2.67. The zero-order valence-electron chi connectivity index (χ0n) is 13.2. The van der Waals surface area contributed by atoms with Crippen molar-refractivity contribution in [1.29, 1.82) is 0 Å². The molecule has 2 aliphatic rings. The molecule has 0 saturated heterocycles. The molecule has 1 spiro atoms. The maximum atomic E-state index is 6.52. The van der Waals surface area contributed by atoms with E-state index in [9.17, 15) is 0 Å². The zero-order valence-corrected chi connectivity index (χ0v) is 14.7. The van der Waals surface area contributed by atoms with E-state index in [-0.39, 0.29) is 5.41 Å². The maximum Gasteiger partial charge on any atom is 0.211 e. The zero-order chi connectivity index (χ0) is 16.4. The molecule has 2 aromatic rings. The third-order valence-corrected chi connectivity index (χ3v) is 5.66. The molecule has 2 aliphatic heterocycles. The number of halogens is 2. The summed E-state index contributed by atoms with van der Waals surface area (Å²) in [5.74, 6) is 0.720. The molecule has 2 heterocycles. The first-order valence-corrected chi connectivity index (χ1v) is 8.33. The Morgan fingerprint density at radius 2 is 1.83 bits per heavy atom. The van der Waals surface area contributed by atoms with Gasteiger partial charge >= 0.3 is 0 Å². The Morgan fingerprint density at radius 1 is 1.09 bits per heavy atom. The second-order valence-electron chi connectivity index (χ2n) is 6.63. The van der Waals surface area contributed by atoms with Crippen LogP contribution in [0.5, 0.6) is 5.75 Å². The van der Waals surface area contributed by atoms with Crippen LogP contribution in [0.4, 0.5) is 5.69 Å². The molecule has 0 aliphatic carbocycles. The van der Waals surface area contributed by atoms with Crippen LogP contribution >= 0.6 is 23.2 Å². The molecule has 1 unspecified atom stereocenters. The SMILES string of the molecule is CN1c2ccccc2C(C)(C)C12C=Cc1c(Cl)cc(Cl)cc1O2. The number of hydrogen-bond donors (Lipinski definition) is 0. The number of nitrogens with zero attached hydrogens (tertiary/aromatic N) is 1. The van der Waals surface area contributed by atoms with Gasteiger partial charge in [0, 0.05) is 23.3 Å². The van der Waals surface area contributed by atoms with Crippen LogP contribution in [0, 0.1) is 0 Å². The van der Waals surface area contributed by atoms with Crippen LogP contribution in [0.2, 0.25) is 10.0 Å². The number of anilines is 1. The van der Waals surface area contributed by atoms with E-state index in [0.717, 1.165) is 11.3 Å². The van der Waals surface area contributed by atoms with E-state index in [4.69, 9.17) is 27.9 Å². The topological polar surface area (TPSA) is 12.5 Å². The Bertz CT molecular complexity index is 843. The first-order valence-electron chi connectivity index (χ1n) is 7.57. The van der Waals surface area contributed by atoms with Crippen molar-refractivity contribution in [2.45, 2.75) is 25.0 Å². The Morgan fingerprint density at radius 3 is 2.57 bits per heavy atom. The summed E-state index contributed by atoms with van der Waals surface area (Å²) in [4.78, 5) is 2.19. The van der Waals surface area contributed by atoms with Gasteiger partial charge in [0.05, 0.1) is 10.4 Å². The van der Waals surface area contributed by atoms with Crippen molar-refractivity contribution in [3.63, 3.8) is 0 Å². The van der Waals surface area contributed by atoms with Crippen LogP contribution in [-0.2, 0) is 5.41 Å².